The van der Waals surface area contributed by atoms with Gasteiger partial charge < -0.3 is 10.1 Å². The smallest absolute Gasteiger partial charge is 0.273 e. The second-order valence-corrected chi connectivity index (χ2v) is 5.68. The molecule has 0 saturated carbocycles. The lowest BCUT2D eigenvalue weighted by Crippen LogP contribution is -2.26. The van der Waals surface area contributed by atoms with Crippen LogP contribution in [0.1, 0.15) is 21.6 Å². The van der Waals surface area contributed by atoms with Crippen molar-refractivity contribution in [3.05, 3.63) is 71.5 Å². The van der Waals surface area contributed by atoms with Gasteiger partial charge in [-0.1, -0.05) is 29.5 Å². The van der Waals surface area contributed by atoms with Crippen molar-refractivity contribution in [2.24, 2.45) is 0 Å². The Morgan fingerprint density at radius 1 is 1.16 bits per heavy atom. The number of nitrogens with one attached hydrogen (secondary N) is 1. The first kappa shape index (κ1) is 16.7. The van der Waals surface area contributed by atoms with Crippen LogP contribution in [0.4, 0.5) is 0 Å². The maximum absolute atomic E-state index is 12.2. The number of aromatic nitrogens is 3. The van der Waals surface area contributed by atoms with E-state index in [1.807, 2.05) is 36.4 Å². The third-order valence-electron chi connectivity index (χ3n) is 4.00. The molecule has 0 aliphatic rings. The summed E-state index contributed by atoms with van der Waals surface area (Å²) >= 11 is 0. The molecule has 1 N–H and O–H groups in total. The average Bonchev–Trinajstić information content (AvgIpc) is 3.13. The van der Waals surface area contributed by atoms with Crippen LogP contribution in [0.15, 0.2) is 54.7 Å². The Labute approximate surface area is 146 Å². The molecular weight excluding hydrogens is 316 g/mol. The number of carbonyl (C=O) groups excluding carboxylic acids is 1. The van der Waals surface area contributed by atoms with Crippen molar-refractivity contribution in [3.63, 3.8) is 0 Å². The van der Waals surface area contributed by atoms with Crippen molar-refractivity contribution >= 4 is 5.91 Å². The highest BCUT2D eigenvalue weighted by Crippen LogP contribution is 2.14. The highest BCUT2D eigenvalue weighted by Gasteiger charge is 2.11. The Morgan fingerprint density at radius 3 is 2.64 bits per heavy atom. The monoisotopic (exact) mass is 336 g/mol. The van der Waals surface area contributed by atoms with Gasteiger partial charge in [-0.05, 0) is 48.7 Å². The number of amides is 1. The fourth-order valence-electron chi connectivity index (χ4n) is 2.52. The lowest BCUT2D eigenvalue weighted by atomic mass is 10.1. The predicted molar refractivity (Wildman–Crippen MR) is 95.1 cm³/mol. The van der Waals surface area contributed by atoms with Crippen LogP contribution < -0.4 is 10.1 Å². The average molecular weight is 336 g/mol. The zero-order valence-electron chi connectivity index (χ0n) is 14.3. The summed E-state index contributed by atoms with van der Waals surface area (Å²) in [6.45, 7) is 2.62. The van der Waals surface area contributed by atoms with Gasteiger partial charge in [-0.25, -0.2) is 4.68 Å². The van der Waals surface area contributed by atoms with Crippen LogP contribution in [0.5, 0.6) is 5.75 Å². The van der Waals surface area contributed by atoms with Gasteiger partial charge in [0.05, 0.1) is 19.0 Å². The van der Waals surface area contributed by atoms with Crippen LogP contribution in [0.25, 0.3) is 5.69 Å². The minimum atomic E-state index is -0.228. The third-order valence-corrected chi connectivity index (χ3v) is 4.00. The van der Waals surface area contributed by atoms with Gasteiger partial charge in [0, 0.05) is 6.54 Å². The zero-order chi connectivity index (χ0) is 17.6. The number of hydrogen-bond donors (Lipinski definition) is 1. The minimum absolute atomic E-state index is 0.228. The van der Waals surface area contributed by atoms with Crippen molar-refractivity contribution in [1.29, 1.82) is 0 Å². The SMILES string of the molecule is COc1ccc(-n2cc(C(=O)NCCc3ccccc3C)nn2)cc1. The molecule has 128 valence electrons. The molecule has 0 atom stereocenters. The molecule has 0 spiro atoms. The van der Waals surface area contributed by atoms with E-state index in [0.717, 1.165) is 17.9 Å². The molecule has 1 amide bonds. The topological polar surface area (TPSA) is 69.0 Å². The molecular formula is C19H20N4O2. The Morgan fingerprint density at radius 2 is 1.92 bits per heavy atom. The van der Waals surface area contributed by atoms with Gasteiger partial charge in [-0.15, -0.1) is 5.10 Å². The van der Waals surface area contributed by atoms with E-state index in [-0.39, 0.29) is 5.91 Å². The van der Waals surface area contributed by atoms with Crippen molar-refractivity contribution < 1.29 is 9.53 Å². The summed E-state index contributed by atoms with van der Waals surface area (Å²) in [6.07, 6.45) is 2.40. The second kappa shape index (κ2) is 7.61. The lowest BCUT2D eigenvalue weighted by Gasteiger charge is -2.06. The predicted octanol–water partition coefficient (Wildman–Crippen LogP) is 2.56. The maximum atomic E-state index is 12.2. The number of benzene rings is 2. The molecule has 2 aromatic carbocycles. The zero-order valence-corrected chi connectivity index (χ0v) is 14.3. The van der Waals surface area contributed by atoms with Crippen LogP contribution in [-0.2, 0) is 6.42 Å². The van der Waals surface area contributed by atoms with E-state index in [9.17, 15) is 4.79 Å². The summed E-state index contributed by atoms with van der Waals surface area (Å²) < 4.78 is 6.69. The van der Waals surface area contributed by atoms with Gasteiger partial charge >= 0.3 is 0 Å². The fourth-order valence-corrected chi connectivity index (χ4v) is 2.52. The molecule has 0 fully saturated rings. The quantitative estimate of drug-likeness (QED) is 0.751. The lowest BCUT2D eigenvalue weighted by molar-refractivity contribution is 0.0949. The highest BCUT2D eigenvalue weighted by atomic mass is 16.5. The summed E-state index contributed by atoms with van der Waals surface area (Å²) in [5.74, 6) is 0.534. The summed E-state index contributed by atoms with van der Waals surface area (Å²) in [5, 5.41) is 10.8. The Kier molecular flexibility index (Phi) is 5.09. The molecule has 3 aromatic rings. The van der Waals surface area contributed by atoms with E-state index in [1.54, 1.807) is 18.0 Å². The first-order chi connectivity index (χ1) is 12.2. The largest absolute Gasteiger partial charge is 0.497 e. The van der Waals surface area contributed by atoms with Crippen molar-refractivity contribution in [1.82, 2.24) is 20.3 Å². The number of rotatable bonds is 6. The third kappa shape index (κ3) is 4.03. The molecule has 6 heteroatoms. The molecule has 1 heterocycles. The van der Waals surface area contributed by atoms with E-state index in [2.05, 4.69) is 34.7 Å². The number of aryl methyl sites for hydroxylation is 1. The molecule has 3 rings (SSSR count). The van der Waals surface area contributed by atoms with E-state index in [1.165, 1.54) is 11.1 Å². The van der Waals surface area contributed by atoms with Crippen molar-refractivity contribution in [2.75, 3.05) is 13.7 Å². The number of ether oxygens (including phenoxy) is 1. The Balaban J connectivity index is 1.59. The number of hydrogen-bond acceptors (Lipinski definition) is 4. The molecule has 0 bridgehead atoms. The van der Waals surface area contributed by atoms with Crippen LogP contribution >= 0.6 is 0 Å². The van der Waals surface area contributed by atoms with E-state index >= 15 is 0 Å². The van der Waals surface area contributed by atoms with E-state index < -0.39 is 0 Å². The van der Waals surface area contributed by atoms with E-state index in [4.69, 9.17) is 4.74 Å². The minimum Gasteiger partial charge on any atom is -0.497 e. The fraction of sp³-hybridized carbons (Fsp3) is 0.211. The Hall–Kier alpha value is -3.15. The van der Waals surface area contributed by atoms with Gasteiger partial charge in [0.15, 0.2) is 5.69 Å². The maximum Gasteiger partial charge on any atom is 0.273 e. The van der Waals surface area contributed by atoms with Crippen LogP contribution in [0.3, 0.4) is 0 Å². The standard InChI is InChI=1S/C19H20N4O2/c1-14-5-3-4-6-15(14)11-12-20-19(24)18-13-23(22-21-18)16-7-9-17(25-2)10-8-16/h3-10,13H,11-12H2,1-2H3,(H,20,24). The summed E-state index contributed by atoms with van der Waals surface area (Å²) in [6, 6.07) is 15.5. The van der Waals surface area contributed by atoms with Crippen LogP contribution in [0.2, 0.25) is 0 Å². The van der Waals surface area contributed by atoms with Crippen molar-refractivity contribution in [2.45, 2.75) is 13.3 Å². The second-order valence-electron chi connectivity index (χ2n) is 5.68. The van der Waals surface area contributed by atoms with Crippen LogP contribution in [0, 0.1) is 6.92 Å². The molecule has 0 unspecified atom stereocenters. The van der Waals surface area contributed by atoms with Gasteiger partial charge in [-0.2, -0.15) is 0 Å². The highest BCUT2D eigenvalue weighted by molar-refractivity contribution is 5.91. The molecule has 0 saturated heterocycles. The molecule has 6 nitrogen and oxygen atoms in total. The molecule has 0 aliphatic carbocycles. The molecule has 0 radical (unpaired) electrons. The van der Waals surface area contributed by atoms with Gasteiger partial charge in [0.1, 0.15) is 5.75 Å². The summed E-state index contributed by atoms with van der Waals surface area (Å²) in [7, 11) is 1.61. The Bertz CT molecular complexity index is 856. The van der Waals surface area contributed by atoms with Crippen LogP contribution in [-0.4, -0.2) is 34.6 Å². The summed E-state index contributed by atoms with van der Waals surface area (Å²) in [4.78, 5) is 12.2. The normalized spacial score (nSPS) is 10.5. The molecule has 1 aromatic heterocycles. The molecule has 0 aliphatic heterocycles. The number of methoxy groups -OCH3 is 1. The number of nitrogens with zero attached hydrogens (tertiary/aromatic N) is 3. The van der Waals surface area contributed by atoms with Gasteiger partial charge in [0.2, 0.25) is 0 Å². The van der Waals surface area contributed by atoms with Crippen molar-refractivity contribution in [3.8, 4) is 11.4 Å². The first-order valence-corrected chi connectivity index (χ1v) is 8.07. The van der Waals surface area contributed by atoms with Gasteiger partial charge in [0.25, 0.3) is 5.91 Å². The number of carbonyl (C=O) groups is 1. The van der Waals surface area contributed by atoms with E-state index in [0.29, 0.717) is 12.2 Å². The summed E-state index contributed by atoms with van der Waals surface area (Å²) in [5.41, 5.74) is 3.56. The van der Waals surface area contributed by atoms with Gasteiger partial charge in [-0.3, -0.25) is 4.79 Å². The first-order valence-electron chi connectivity index (χ1n) is 8.07. The molecule has 25 heavy (non-hydrogen) atoms.